The first-order valence-corrected chi connectivity index (χ1v) is 5.29. The number of Topliss-reactive ketones (excluding diaryl/α,β-unsaturated/α-hetero) is 1. The highest BCUT2D eigenvalue weighted by Gasteiger charge is 2.26. The average molecular weight is 347 g/mol. The highest BCUT2D eigenvalue weighted by atomic mass is 35.6. The van der Waals surface area contributed by atoms with Crippen molar-refractivity contribution in [2.24, 2.45) is 0 Å². The third kappa shape index (κ3) is 4.74. The molecule has 0 aliphatic carbocycles. The summed E-state index contributed by atoms with van der Waals surface area (Å²) in [6, 6.07) is 0. The van der Waals surface area contributed by atoms with Crippen molar-refractivity contribution in [3.8, 4) is 0 Å². The lowest BCUT2D eigenvalue weighted by molar-refractivity contribution is -0.116. The van der Waals surface area contributed by atoms with Gasteiger partial charge >= 0.3 is 0 Å². The van der Waals surface area contributed by atoms with Crippen LogP contribution in [0.15, 0.2) is 0 Å². The molecule has 0 amide bonds. The van der Waals surface area contributed by atoms with Crippen molar-refractivity contribution in [2.45, 2.75) is 10.7 Å². The Balaban J connectivity index is 0.000000399. The Bertz CT molecular complexity index is 395. The van der Waals surface area contributed by atoms with E-state index in [0.717, 1.165) is 0 Å². The first-order chi connectivity index (χ1) is 8.41. The van der Waals surface area contributed by atoms with E-state index < -0.39 is 44.5 Å². The quantitative estimate of drug-likeness (QED) is 0.293. The van der Waals surface area contributed by atoms with Crippen molar-refractivity contribution >= 4 is 40.6 Å². The van der Waals surface area contributed by atoms with Crippen LogP contribution < -0.4 is 0 Å². The van der Waals surface area contributed by atoms with Gasteiger partial charge in [0, 0.05) is 0 Å². The van der Waals surface area contributed by atoms with Gasteiger partial charge in [-0.1, -0.05) is 34.8 Å². The topological polar surface area (TPSA) is 17.1 Å². The lowest BCUT2D eigenvalue weighted by Crippen LogP contribution is -2.13. The molecule has 0 aliphatic heterocycles. The molecule has 10 heteroatoms. The van der Waals surface area contributed by atoms with Crippen LogP contribution in [0.25, 0.3) is 0 Å². The molecular formula is C9H3Cl3F6O. The summed E-state index contributed by atoms with van der Waals surface area (Å²) in [7, 11) is 0. The SMILES string of the molecule is CC(=O)C(Cl)(Cl)Cl.Fc1c(F)c(F)c(F)c(F)c1F. The Morgan fingerprint density at radius 3 is 0.895 bits per heavy atom. The van der Waals surface area contributed by atoms with Crippen LogP contribution in [0.4, 0.5) is 26.3 Å². The highest BCUT2D eigenvalue weighted by molar-refractivity contribution is 6.76. The number of hydrogen-bond donors (Lipinski definition) is 0. The number of hydrogen-bond acceptors (Lipinski definition) is 1. The predicted molar refractivity (Wildman–Crippen MR) is 57.2 cm³/mol. The second-order valence-electron chi connectivity index (χ2n) is 2.94. The molecule has 1 rings (SSSR count). The zero-order chi connectivity index (χ0) is 15.5. The van der Waals surface area contributed by atoms with E-state index in [-0.39, 0.29) is 0 Å². The Kier molecular flexibility index (Phi) is 6.44. The van der Waals surface area contributed by atoms with Gasteiger partial charge in [0.2, 0.25) is 38.7 Å². The molecule has 1 aromatic carbocycles. The average Bonchev–Trinajstić information content (AvgIpc) is 2.31. The third-order valence-corrected chi connectivity index (χ3v) is 2.35. The molecule has 0 bridgehead atoms. The Morgan fingerprint density at radius 2 is 0.842 bits per heavy atom. The summed E-state index contributed by atoms with van der Waals surface area (Å²) in [5.41, 5.74) is 0. The fourth-order valence-corrected chi connectivity index (χ4v) is 0.578. The molecule has 0 aromatic heterocycles. The van der Waals surface area contributed by atoms with E-state index in [2.05, 4.69) is 0 Å². The van der Waals surface area contributed by atoms with E-state index in [4.69, 9.17) is 34.8 Å². The number of carbonyl (C=O) groups is 1. The molecule has 0 radical (unpaired) electrons. The molecule has 0 atom stereocenters. The summed E-state index contributed by atoms with van der Waals surface area (Å²) >= 11 is 15.1. The van der Waals surface area contributed by atoms with Gasteiger partial charge in [-0.25, -0.2) is 26.3 Å². The van der Waals surface area contributed by atoms with Gasteiger partial charge in [0.05, 0.1) is 0 Å². The van der Waals surface area contributed by atoms with Crippen LogP contribution in [-0.2, 0) is 4.79 Å². The minimum atomic E-state index is -2.37. The fraction of sp³-hybridized carbons (Fsp3) is 0.222. The highest BCUT2D eigenvalue weighted by Crippen LogP contribution is 2.26. The van der Waals surface area contributed by atoms with Crippen molar-refractivity contribution in [2.75, 3.05) is 0 Å². The smallest absolute Gasteiger partial charge is 0.248 e. The van der Waals surface area contributed by atoms with Crippen LogP contribution >= 0.6 is 34.8 Å². The number of rotatable bonds is 0. The van der Waals surface area contributed by atoms with Crippen molar-refractivity contribution in [1.82, 2.24) is 0 Å². The van der Waals surface area contributed by atoms with Gasteiger partial charge in [0.1, 0.15) is 0 Å². The maximum Gasteiger partial charge on any atom is 0.248 e. The van der Waals surface area contributed by atoms with Gasteiger partial charge < -0.3 is 0 Å². The summed E-state index contributed by atoms with van der Waals surface area (Å²) in [5, 5.41) is 0. The van der Waals surface area contributed by atoms with Crippen LogP contribution in [0, 0.1) is 34.9 Å². The second kappa shape index (κ2) is 6.67. The monoisotopic (exact) mass is 346 g/mol. The number of ketones is 1. The van der Waals surface area contributed by atoms with Crippen LogP contribution in [-0.4, -0.2) is 9.58 Å². The van der Waals surface area contributed by atoms with Crippen LogP contribution in [0.5, 0.6) is 0 Å². The Labute approximate surface area is 118 Å². The normalized spacial score (nSPS) is 10.8. The van der Waals surface area contributed by atoms with Gasteiger partial charge in [-0.2, -0.15) is 0 Å². The first kappa shape index (κ1) is 18.3. The molecule has 0 saturated heterocycles. The van der Waals surface area contributed by atoms with E-state index in [9.17, 15) is 31.1 Å². The summed E-state index contributed by atoms with van der Waals surface area (Å²) in [4.78, 5) is 10.1. The number of carbonyl (C=O) groups excluding carboxylic acids is 1. The zero-order valence-corrected chi connectivity index (χ0v) is 11.1. The summed E-state index contributed by atoms with van der Waals surface area (Å²) in [6.07, 6.45) is 0. The molecule has 19 heavy (non-hydrogen) atoms. The largest absolute Gasteiger partial charge is 0.295 e. The lowest BCUT2D eigenvalue weighted by Gasteiger charge is -2.01. The molecule has 1 nitrogen and oxygen atoms in total. The van der Waals surface area contributed by atoms with Crippen molar-refractivity contribution in [1.29, 1.82) is 0 Å². The van der Waals surface area contributed by atoms with E-state index in [1.807, 2.05) is 0 Å². The van der Waals surface area contributed by atoms with Gasteiger partial charge in [-0.05, 0) is 6.92 Å². The molecule has 108 valence electrons. The van der Waals surface area contributed by atoms with Crippen LogP contribution in [0.1, 0.15) is 6.92 Å². The fourth-order valence-electron chi connectivity index (χ4n) is 0.578. The van der Waals surface area contributed by atoms with E-state index >= 15 is 0 Å². The second-order valence-corrected chi connectivity index (χ2v) is 5.22. The van der Waals surface area contributed by atoms with E-state index in [1.165, 1.54) is 6.92 Å². The first-order valence-electron chi connectivity index (χ1n) is 4.15. The molecule has 0 N–H and O–H groups in total. The maximum atomic E-state index is 12.0. The molecule has 1 aromatic rings. The lowest BCUT2D eigenvalue weighted by atomic mass is 10.3. The molecule has 0 unspecified atom stereocenters. The molecule has 0 spiro atoms. The molecule has 0 saturated carbocycles. The summed E-state index contributed by atoms with van der Waals surface area (Å²) in [6.45, 7) is 1.22. The van der Waals surface area contributed by atoms with Crippen molar-refractivity contribution < 1.29 is 31.1 Å². The van der Waals surface area contributed by atoms with Crippen LogP contribution in [0.3, 0.4) is 0 Å². The zero-order valence-electron chi connectivity index (χ0n) is 8.81. The van der Waals surface area contributed by atoms with Gasteiger partial charge in [0.25, 0.3) is 0 Å². The molecule has 0 heterocycles. The minimum absolute atomic E-state index is 0.461. The Hall–Kier alpha value is -0.660. The minimum Gasteiger partial charge on any atom is -0.295 e. The van der Waals surface area contributed by atoms with Gasteiger partial charge in [0.15, 0.2) is 5.78 Å². The third-order valence-electron chi connectivity index (χ3n) is 1.56. The summed E-state index contributed by atoms with van der Waals surface area (Å²) < 4.78 is 70.5. The number of alkyl halides is 3. The Morgan fingerprint density at radius 1 is 0.737 bits per heavy atom. The predicted octanol–water partition coefficient (Wildman–Crippen LogP) is 4.47. The van der Waals surface area contributed by atoms with Gasteiger partial charge in [-0.15, -0.1) is 0 Å². The molecule has 0 fully saturated rings. The van der Waals surface area contributed by atoms with Crippen LogP contribution in [0.2, 0.25) is 0 Å². The number of benzene rings is 1. The molecular weight excluding hydrogens is 344 g/mol. The maximum absolute atomic E-state index is 12.0. The molecule has 0 aliphatic rings. The van der Waals surface area contributed by atoms with E-state index in [1.54, 1.807) is 0 Å². The standard InChI is InChI=1S/C6F6.C3H3Cl3O/c7-1-2(8)4(10)6(12)5(11)3(1)9;1-2(7)3(4,5)6/h;1H3. The van der Waals surface area contributed by atoms with Crippen molar-refractivity contribution in [3.63, 3.8) is 0 Å². The van der Waals surface area contributed by atoms with E-state index in [0.29, 0.717) is 0 Å². The number of halogens is 9. The van der Waals surface area contributed by atoms with Crippen molar-refractivity contribution in [3.05, 3.63) is 34.9 Å². The summed E-state index contributed by atoms with van der Waals surface area (Å²) in [5.74, 6) is -14.7. The van der Waals surface area contributed by atoms with Gasteiger partial charge in [-0.3, -0.25) is 4.79 Å².